The Morgan fingerprint density at radius 2 is 2.00 bits per heavy atom. The van der Waals surface area contributed by atoms with E-state index >= 15 is 0 Å². The monoisotopic (exact) mass is 410 g/mol. The van der Waals surface area contributed by atoms with Crippen molar-refractivity contribution in [2.24, 2.45) is 5.92 Å². The van der Waals surface area contributed by atoms with Crippen LogP contribution in [0.5, 0.6) is 0 Å². The number of hydrogen-bond acceptors (Lipinski definition) is 4. The predicted molar refractivity (Wildman–Crippen MR) is 104 cm³/mol. The minimum absolute atomic E-state index is 0.0402. The van der Waals surface area contributed by atoms with Crippen LogP contribution in [0.2, 0.25) is 0 Å². The lowest BCUT2D eigenvalue weighted by Gasteiger charge is -2.34. The number of anilines is 2. The zero-order valence-electron chi connectivity index (χ0n) is 14.4. The van der Waals surface area contributed by atoms with Crippen molar-refractivity contribution in [2.45, 2.75) is 19.3 Å². The molecule has 0 saturated carbocycles. The lowest BCUT2D eigenvalue weighted by Crippen LogP contribution is -2.42. The molecule has 0 atom stereocenters. The summed E-state index contributed by atoms with van der Waals surface area (Å²) in [6.07, 6.45) is 4.24. The molecule has 0 unspecified atom stereocenters. The molecule has 3 heterocycles. The molecule has 4 rings (SSSR count). The number of fused-ring (bicyclic) bond motifs is 1. The number of piperidine rings is 1. The first-order valence-electron chi connectivity index (χ1n) is 8.87. The van der Waals surface area contributed by atoms with Crippen LogP contribution in [0.4, 0.5) is 11.5 Å². The fraction of sp³-hybridized carbons (Fsp3) is 0.350. The van der Waals surface area contributed by atoms with Crippen molar-refractivity contribution >= 4 is 33.3 Å². The summed E-state index contributed by atoms with van der Waals surface area (Å²) in [5, 5.41) is 9.35. The van der Waals surface area contributed by atoms with E-state index < -0.39 is 0 Å². The second-order valence-electron chi connectivity index (χ2n) is 6.77. The standard InChI is InChI=1S/C20H19BrN4O/c21-17-11-16(12-22)19(23-13-17)24-8-5-15(6-9-24)20(26)25-10-7-14-3-1-2-4-18(14)25/h1-4,11,13,15H,5-10H2. The minimum Gasteiger partial charge on any atom is -0.355 e. The molecule has 1 aromatic carbocycles. The van der Waals surface area contributed by atoms with Crippen LogP contribution in [0.15, 0.2) is 41.0 Å². The first-order chi connectivity index (χ1) is 12.7. The van der Waals surface area contributed by atoms with E-state index in [4.69, 9.17) is 0 Å². The van der Waals surface area contributed by atoms with Gasteiger partial charge in [0.2, 0.25) is 5.91 Å². The van der Waals surface area contributed by atoms with E-state index in [0.717, 1.165) is 49.1 Å². The summed E-state index contributed by atoms with van der Waals surface area (Å²) in [7, 11) is 0. The number of hydrogen-bond donors (Lipinski definition) is 0. The Bertz CT molecular complexity index is 884. The summed E-state index contributed by atoms with van der Waals surface area (Å²) in [6.45, 7) is 2.27. The van der Waals surface area contributed by atoms with E-state index in [0.29, 0.717) is 11.4 Å². The van der Waals surface area contributed by atoms with E-state index in [1.807, 2.05) is 23.1 Å². The number of nitriles is 1. The zero-order valence-corrected chi connectivity index (χ0v) is 15.9. The number of amides is 1. The Labute approximate surface area is 161 Å². The Kier molecular flexibility index (Phi) is 4.64. The second-order valence-corrected chi connectivity index (χ2v) is 7.68. The Hall–Kier alpha value is -2.39. The fourth-order valence-electron chi connectivity index (χ4n) is 3.89. The van der Waals surface area contributed by atoms with Gasteiger partial charge >= 0.3 is 0 Å². The third-order valence-corrected chi connectivity index (χ3v) is 5.68. The summed E-state index contributed by atoms with van der Waals surface area (Å²) in [6, 6.07) is 12.2. The molecule has 0 spiro atoms. The highest BCUT2D eigenvalue weighted by Gasteiger charge is 2.33. The van der Waals surface area contributed by atoms with Crippen molar-refractivity contribution in [1.82, 2.24) is 4.98 Å². The quantitative estimate of drug-likeness (QED) is 0.759. The van der Waals surface area contributed by atoms with Crippen LogP contribution in [-0.2, 0) is 11.2 Å². The van der Waals surface area contributed by atoms with Crippen LogP contribution in [0, 0.1) is 17.2 Å². The van der Waals surface area contributed by atoms with Crippen LogP contribution in [0.3, 0.4) is 0 Å². The maximum absolute atomic E-state index is 13.0. The van der Waals surface area contributed by atoms with Crippen LogP contribution in [0.25, 0.3) is 0 Å². The number of carbonyl (C=O) groups excluding carboxylic acids is 1. The number of aromatic nitrogens is 1. The zero-order chi connectivity index (χ0) is 18.1. The van der Waals surface area contributed by atoms with Crippen LogP contribution in [-0.4, -0.2) is 30.5 Å². The SMILES string of the molecule is N#Cc1cc(Br)cnc1N1CCC(C(=O)N2CCc3ccccc32)CC1. The van der Waals surface area contributed by atoms with Crippen molar-refractivity contribution in [1.29, 1.82) is 5.26 Å². The van der Waals surface area contributed by atoms with E-state index in [2.05, 4.69) is 37.9 Å². The second kappa shape index (κ2) is 7.08. The predicted octanol–water partition coefficient (Wildman–Crippen LogP) is 3.52. The van der Waals surface area contributed by atoms with Gasteiger partial charge in [-0.05, 0) is 52.9 Å². The Balaban J connectivity index is 1.45. The lowest BCUT2D eigenvalue weighted by molar-refractivity contribution is -0.122. The maximum atomic E-state index is 13.0. The number of nitrogens with zero attached hydrogens (tertiary/aromatic N) is 4. The van der Waals surface area contributed by atoms with E-state index in [-0.39, 0.29) is 11.8 Å². The summed E-state index contributed by atoms with van der Waals surface area (Å²) in [5.74, 6) is 0.991. The highest BCUT2D eigenvalue weighted by Crippen LogP contribution is 2.32. The van der Waals surface area contributed by atoms with Crippen molar-refractivity contribution in [2.75, 3.05) is 29.4 Å². The number of rotatable bonds is 2. The molecule has 1 aromatic heterocycles. The van der Waals surface area contributed by atoms with Gasteiger partial charge in [0.1, 0.15) is 11.9 Å². The van der Waals surface area contributed by atoms with E-state index in [1.54, 1.807) is 12.3 Å². The summed E-state index contributed by atoms with van der Waals surface area (Å²) >= 11 is 3.36. The van der Waals surface area contributed by atoms with Crippen LogP contribution >= 0.6 is 15.9 Å². The lowest BCUT2D eigenvalue weighted by atomic mass is 9.95. The first-order valence-corrected chi connectivity index (χ1v) is 9.66. The highest BCUT2D eigenvalue weighted by molar-refractivity contribution is 9.10. The van der Waals surface area contributed by atoms with Gasteiger partial charge in [0.05, 0.1) is 5.56 Å². The average Bonchev–Trinajstić information content (AvgIpc) is 3.11. The van der Waals surface area contributed by atoms with Gasteiger partial charge in [-0.3, -0.25) is 4.79 Å². The molecule has 6 heteroatoms. The highest BCUT2D eigenvalue weighted by atomic mass is 79.9. The molecular formula is C20H19BrN4O. The molecule has 1 fully saturated rings. The molecule has 2 aliphatic heterocycles. The number of para-hydroxylation sites is 1. The van der Waals surface area contributed by atoms with Crippen LogP contribution < -0.4 is 9.80 Å². The van der Waals surface area contributed by atoms with Gasteiger partial charge in [-0.2, -0.15) is 5.26 Å². The van der Waals surface area contributed by atoms with E-state index in [1.165, 1.54) is 5.56 Å². The third kappa shape index (κ3) is 3.08. The van der Waals surface area contributed by atoms with Gasteiger partial charge in [0.15, 0.2) is 0 Å². The molecule has 5 nitrogen and oxygen atoms in total. The van der Waals surface area contributed by atoms with Crippen LogP contribution in [0.1, 0.15) is 24.0 Å². The summed E-state index contributed by atoms with van der Waals surface area (Å²) in [4.78, 5) is 21.5. The van der Waals surface area contributed by atoms with Crippen molar-refractivity contribution in [3.05, 3.63) is 52.1 Å². The van der Waals surface area contributed by atoms with Gasteiger partial charge in [0.25, 0.3) is 0 Å². The fourth-order valence-corrected chi connectivity index (χ4v) is 4.22. The average molecular weight is 411 g/mol. The number of carbonyl (C=O) groups is 1. The molecule has 0 bridgehead atoms. The van der Waals surface area contributed by atoms with Crippen molar-refractivity contribution < 1.29 is 4.79 Å². The van der Waals surface area contributed by atoms with Crippen molar-refractivity contribution in [3.63, 3.8) is 0 Å². The first kappa shape index (κ1) is 17.0. The molecule has 1 saturated heterocycles. The third-order valence-electron chi connectivity index (χ3n) is 5.25. The maximum Gasteiger partial charge on any atom is 0.230 e. The molecule has 2 aromatic rings. The molecule has 0 N–H and O–H groups in total. The number of halogens is 1. The van der Waals surface area contributed by atoms with Gasteiger partial charge in [-0.1, -0.05) is 18.2 Å². The Morgan fingerprint density at radius 3 is 2.77 bits per heavy atom. The van der Waals surface area contributed by atoms with Gasteiger partial charge in [-0.15, -0.1) is 0 Å². The summed E-state index contributed by atoms with van der Waals surface area (Å²) in [5.41, 5.74) is 2.90. The number of pyridine rings is 1. The summed E-state index contributed by atoms with van der Waals surface area (Å²) < 4.78 is 0.801. The van der Waals surface area contributed by atoms with Gasteiger partial charge in [0, 0.05) is 41.9 Å². The van der Waals surface area contributed by atoms with Gasteiger partial charge in [-0.25, -0.2) is 4.98 Å². The topological polar surface area (TPSA) is 60.2 Å². The molecule has 2 aliphatic rings. The molecule has 26 heavy (non-hydrogen) atoms. The smallest absolute Gasteiger partial charge is 0.230 e. The normalized spacial score (nSPS) is 17.1. The van der Waals surface area contributed by atoms with Gasteiger partial charge < -0.3 is 9.80 Å². The Morgan fingerprint density at radius 1 is 1.23 bits per heavy atom. The minimum atomic E-state index is 0.0402. The molecule has 132 valence electrons. The molecule has 0 radical (unpaired) electrons. The largest absolute Gasteiger partial charge is 0.355 e. The molecular weight excluding hydrogens is 392 g/mol. The number of benzene rings is 1. The molecule has 0 aliphatic carbocycles. The van der Waals surface area contributed by atoms with E-state index in [9.17, 15) is 10.1 Å². The molecule has 1 amide bonds. The van der Waals surface area contributed by atoms with Crippen molar-refractivity contribution in [3.8, 4) is 6.07 Å².